The zero-order chi connectivity index (χ0) is 14.9. The van der Waals surface area contributed by atoms with Gasteiger partial charge in [0.1, 0.15) is 21.9 Å². The number of carboxylic acids is 1. The number of rotatable bonds is 4. The maximum absolute atomic E-state index is 11.2. The number of aromatic carboxylic acids is 1. The molecule has 0 amide bonds. The number of hydrogen-bond donors (Lipinski definition) is 1. The number of aromatic nitrogens is 2. The summed E-state index contributed by atoms with van der Waals surface area (Å²) >= 11 is 1.15. The molecule has 104 valence electrons. The van der Waals surface area contributed by atoms with Crippen LogP contribution in [0.1, 0.15) is 22.2 Å². The minimum Gasteiger partial charge on any atom is -0.477 e. The lowest BCUT2D eigenvalue weighted by molar-refractivity contribution is 0.0701. The summed E-state index contributed by atoms with van der Waals surface area (Å²) in [5.41, 5.74) is 0.671. The van der Waals surface area contributed by atoms with Crippen molar-refractivity contribution in [1.82, 2.24) is 9.97 Å². The molecule has 0 aliphatic heterocycles. The summed E-state index contributed by atoms with van der Waals surface area (Å²) in [5, 5.41) is 18.8. The highest BCUT2D eigenvalue weighted by Gasteiger charge is 2.20. The van der Waals surface area contributed by atoms with Crippen molar-refractivity contribution in [3.63, 3.8) is 0 Å². The molecule has 1 atom stereocenters. The molecule has 0 aliphatic carbocycles. The molecular formula is C13H14N4O2S. The number of fused-ring (bicyclic) bond motifs is 1. The minimum atomic E-state index is -0.954. The molecule has 1 N–H and O–H groups in total. The standard InChI is InChI=1S/C13H14N4O2S/c1-7(4-14)5-17(3)11-9-8(2)10(13(18)19)20-12(9)16-6-15-11/h6-7H,5H2,1-3H3,(H,18,19). The van der Waals surface area contributed by atoms with Crippen LogP contribution in [0.4, 0.5) is 5.82 Å². The Bertz CT molecular complexity index is 704. The van der Waals surface area contributed by atoms with Gasteiger partial charge in [-0.3, -0.25) is 0 Å². The van der Waals surface area contributed by atoms with Crippen LogP contribution in [0.5, 0.6) is 0 Å². The average Bonchev–Trinajstić information content (AvgIpc) is 2.76. The van der Waals surface area contributed by atoms with Crippen LogP contribution in [0.25, 0.3) is 10.2 Å². The Balaban J connectivity index is 2.54. The fraction of sp³-hybridized carbons (Fsp3) is 0.385. The van der Waals surface area contributed by atoms with Gasteiger partial charge in [-0.1, -0.05) is 0 Å². The number of carbonyl (C=O) groups is 1. The molecule has 0 spiro atoms. The molecule has 20 heavy (non-hydrogen) atoms. The first-order chi connectivity index (χ1) is 9.45. The normalized spacial score (nSPS) is 12.1. The van der Waals surface area contributed by atoms with E-state index in [4.69, 9.17) is 5.26 Å². The predicted octanol–water partition coefficient (Wildman–Crippen LogP) is 2.29. The Morgan fingerprint density at radius 1 is 1.60 bits per heavy atom. The second-order valence-electron chi connectivity index (χ2n) is 4.65. The zero-order valence-corrected chi connectivity index (χ0v) is 12.2. The molecule has 0 bridgehead atoms. The van der Waals surface area contributed by atoms with Crippen LogP contribution in [-0.2, 0) is 0 Å². The second-order valence-corrected chi connectivity index (χ2v) is 5.65. The molecule has 2 rings (SSSR count). The van der Waals surface area contributed by atoms with Crippen molar-refractivity contribution < 1.29 is 9.90 Å². The highest BCUT2D eigenvalue weighted by Crippen LogP contribution is 2.34. The number of thiophene rings is 1. The largest absolute Gasteiger partial charge is 0.477 e. The van der Waals surface area contributed by atoms with E-state index in [0.29, 0.717) is 22.8 Å². The first-order valence-electron chi connectivity index (χ1n) is 6.03. The van der Waals surface area contributed by atoms with Crippen LogP contribution in [0.15, 0.2) is 6.33 Å². The van der Waals surface area contributed by atoms with Crippen molar-refractivity contribution >= 4 is 33.3 Å². The molecule has 0 radical (unpaired) electrons. The monoisotopic (exact) mass is 290 g/mol. The van der Waals surface area contributed by atoms with Crippen molar-refractivity contribution in [2.24, 2.45) is 5.92 Å². The van der Waals surface area contributed by atoms with Gasteiger partial charge < -0.3 is 10.0 Å². The number of aryl methyl sites for hydroxylation is 1. The summed E-state index contributed by atoms with van der Waals surface area (Å²) in [4.78, 5) is 22.4. The van der Waals surface area contributed by atoms with Crippen molar-refractivity contribution in [3.8, 4) is 6.07 Å². The summed E-state index contributed by atoms with van der Waals surface area (Å²) in [6, 6.07) is 2.18. The van der Waals surface area contributed by atoms with Crippen LogP contribution < -0.4 is 4.90 Å². The van der Waals surface area contributed by atoms with Crippen molar-refractivity contribution in [3.05, 3.63) is 16.8 Å². The van der Waals surface area contributed by atoms with Gasteiger partial charge in [0.05, 0.1) is 17.4 Å². The van der Waals surface area contributed by atoms with Crippen LogP contribution in [0, 0.1) is 24.2 Å². The SMILES string of the molecule is Cc1c(C(=O)O)sc2ncnc(N(C)CC(C)C#N)c12. The summed E-state index contributed by atoms with van der Waals surface area (Å²) in [7, 11) is 1.84. The maximum Gasteiger partial charge on any atom is 0.346 e. The average molecular weight is 290 g/mol. The van der Waals surface area contributed by atoms with Crippen molar-refractivity contribution in [1.29, 1.82) is 5.26 Å². The molecule has 6 nitrogen and oxygen atoms in total. The fourth-order valence-corrected chi connectivity index (χ4v) is 3.07. The van der Waals surface area contributed by atoms with Crippen LogP contribution >= 0.6 is 11.3 Å². The summed E-state index contributed by atoms with van der Waals surface area (Å²) in [6.07, 6.45) is 1.42. The molecule has 2 heterocycles. The molecule has 0 saturated carbocycles. The van der Waals surface area contributed by atoms with E-state index in [9.17, 15) is 9.90 Å². The van der Waals surface area contributed by atoms with Gasteiger partial charge in [-0.05, 0) is 19.4 Å². The van der Waals surface area contributed by atoms with Gasteiger partial charge in [0.25, 0.3) is 0 Å². The maximum atomic E-state index is 11.2. The smallest absolute Gasteiger partial charge is 0.346 e. The minimum absolute atomic E-state index is 0.136. The quantitative estimate of drug-likeness (QED) is 0.929. The summed E-state index contributed by atoms with van der Waals surface area (Å²) < 4.78 is 0. The van der Waals surface area contributed by atoms with E-state index in [0.717, 1.165) is 16.7 Å². The summed E-state index contributed by atoms with van der Waals surface area (Å²) in [5.74, 6) is -0.425. The Labute approximate surface area is 120 Å². The van der Waals surface area contributed by atoms with Gasteiger partial charge in [0, 0.05) is 13.6 Å². The molecule has 7 heteroatoms. The topological polar surface area (TPSA) is 90.1 Å². The van der Waals surface area contributed by atoms with Gasteiger partial charge >= 0.3 is 5.97 Å². The number of nitrogens with zero attached hydrogens (tertiary/aromatic N) is 4. The third-order valence-electron chi connectivity index (χ3n) is 3.03. The van der Waals surface area contributed by atoms with Crippen LogP contribution in [0.3, 0.4) is 0 Å². The molecule has 0 saturated heterocycles. The molecule has 2 aromatic rings. The highest BCUT2D eigenvalue weighted by atomic mass is 32.1. The van der Waals surface area contributed by atoms with Gasteiger partial charge in [0.15, 0.2) is 0 Å². The van der Waals surface area contributed by atoms with Gasteiger partial charge in [-0.2, -0.15) is 5.26 Å². The van der Waals surface area contributed by atoms with Crippen molar-refractivity contribution in [2.45, 2.75) is 13.8 Å². The molecule has 1 unspecified atom stereocenters. The van der Waals surface area contributed by atoms with E-state index in [1.54, 1.807) is 6.92 Å². The number of hydrogen-bond acceptors (Lipinski definition) is 6. The third-order valence-corrected chi connectivity index (χ3v) is 4.22. The lowest BCUT2D eigenvalue weighted by atomic mass is 10.1. The Hall–Kier alpha value is -2.20. The van der Waals surface area contributed by atoms with Gasteiger partial charge in [0.2, 0.25) is 0 Å². The van der Waals surface area contributed by atoms with E-state index in [-0.39, 0.29) is 10.8 Å². The number of carboxylic acid groups (broad SMARTS) is 1. The summed E-state index contributed by atoms with van der Waals surface area (Å²) in [6.45, 7) is 4.12. The first kappa shape index (κ1) is 14.2. The molecule has 2 aromatic heterocycles. The lowest BCUT2D eigenvalue weighted by Crippen LogP contribution is -2.24. The fourth-order valence-electron chi connectivity index (χ4n) is 2.08. The Morgan fingerprint density at radius 2 is 2.30 bits per heavy atom. The van der Waals surface area contributed by atoms with E-state index >= 15 is 0 Å². The van der Waals surface area contributed by atoms with E-state index in [2.05, 4.69) is 16.0 Å². The van der Waals surface area contributed by atoms with Crippen LogP contribution in [-0.4, -0.2) is 34.6 Å². The van der Waals surface area contributed by atoms with Crippen molar-refractivity contribution in [2.75, 3.05) is 18.5 Å². The number of anilines is 1. The van der Waals surface area contributed by atoms with E-state index in [1.165, 1.54) is 6.33 Å². The molecule has 0 aromatic carbocycles. The highest BCUT2D eigenvalue weighted by molar-refractivity contribution is 7.20. The van der Waals surface area contributed by atoms with Crippen LogP contribution in [0.2, 0.25) is 0 Å². The molecule has 0 aliphatic rings. The van der Waals surface area contributed by atoms with Gasteiger partial charge in [-0.15, -0.1) is 11.3 Å². The van der Waals surface area contributed by atoms with E-state index < -0.39 is 5.97 Å². The van der Waals surface area contributed by atoms with E-state index in [1.807, 2.05) is 18.9 Å². The zero-order valence-electron chi connectivity index (χ0n) is 11.4. The third kappa shape index (κ3) is 2.42. The number of nitriles is 1. The second kappa shape index (κ2) is 5.43. The first-order valence-corrected chi connectivity index (χ1v) is 6.85. The lowest BCUT2D eigenvalue weighted by Gasteiger charge is -2.20. The Kier molecular flexibility index (Phi) is 3.86. The Morgan fingerprint density at radius 3 is 2.90 bits per heavy atom. The van der Waals surface area contributed by atoms with Gasteiger partial charge in [-0.25, -0.2) is 14.8 Å². The molecular weight excluding hydrogens is 276 g/mol. The molecule has 0 fully saturated rings. The predicted molar refractivity (Wildman–Crippen MR) is 77.2 cm³/mol.